The largest absolute Gasteiger partial charge is 0.469 e. The standard InChI is InChI=1S/C8H11NO/c1-3-8(9)7-4-6(2)10-5-7/h3-5,8H,1,9H2,2H3/t8-/m1/s1. The number of aryl methyl sites for hydroxylation is 1. The molecule has 1 aromatic heterocycles. The summed E-state index contributed by atoms with van der Waals surface area (Å²) < 4.78 is 5.06. The van der Waals surface area contributed by atoms with Crippen LogP contribution in [0, 0.1) is 6.92 Å². The summed E-state index contributed by atoms with van der Waals surface area (Å²) in [6.07, 6.45) is 3.34. The van der Waals surface area contributed by atoms with Crippen LogP contribution >= 0.6 is 0 Å². The van der Waals surface area contributed by atoms with Crippen molar-refractivity contribution in [2.45, 2.75) is 13.0 Å². The summed E-state index contributed by atoms with van der Waals surface area (Å²) in [5.41, 5.74) is 6.61. The van der Waals surface area contributed by atoms with E-state index < -0.39 is 0 Å². The Bertz CT molecular complexity index is 227. The van der Waals surface area contributed by atoms with Gasteiger partial charge in [0.1, 0.15) is 5.76 Å². The smallest absolute Gasteiger partial charge is 0.101 e. The molecule has 0 amide bonds. The molecule has 0 spiro atoms. The van der Waals surface area contributed by atoms with Crippen molar-refractivity contribution in [1.82, 2.24) is 0 Å². The van der Waals surface area contributed by atoms with Crippen molar-refractivity contribution in [3.8, 4) is 0 Å². The van der Waals surface area contributed by atoms with E-state index in [1.807, 2.05) is 13.0 Å². The number of nitrogens with two attached hydrogens (primary N) is 1. The molecule has 10 heavy (non-hydrogen) atoms. The minimum Gasteiger partial charge on any atom is -0.469 e. The van der Waals surface area contributed by atoms with E-state index in [1.54, 1.807) is 12.3 Å². The molecule has 1 aromatic rings. The average Bonchev–Trinajstić information content (AvgIpc) is 2.34. The monoisotopic (exact) mass is 137 g/mol. The second-order valence-electron chi connectivity index (χ2n) is 2.25. The minimum atomic E-state index is -0.0996. The molecular formula is C8H11NO. The van der Waals surface area contributed by atoms with E-state index in [-0.39, 0.29) is 6.04 Å². The van der Waals surface area contributed by atoms with E-state index in [2.05, 4.69) is 6.58 Å². The Morgan fingerprint density at radius 2 is 2.50 bits per heavy atom. The topological polar surface area (TPSA) is 39.2 Å². The van der Waals surface area contributed by atoms with Gasteiger partial charge in [0.15, 0.2) is 0 Å². The van der Waals surface area contributed by atoms with Crippen molar-refractivity contribution in [2.24, 2.45) is 5.73 Å². The first-order valence-corrected chi connectivity index (χ1v) is 3.17. The lowest BCUT2D eigenvalue weighted by molar-refractivity contribution is 0.531. The van der Waals surface area contributed by atoms with E-state index in [9.17, 15) is 0 Å². The molecule has 2 nitrogen and oxygen atoms in total. The molecule has 0 unspecified atom stereocenters. The van der Waals surface area contributed by atoms with Gasteiger partial charge in [0.2, 0.25) is 0 Å². The van der Waals surface area contributed by atoms with Crippen LogP contribution in [-0.4, -0.2) is 0 Å². The third-order valence-electron chi connectivity index (χ3n) is 1.39. The Morgan fingerprint density at radius 3 is 2.90 bits per heavy atom. The van der Waals surface area contributed by atoms with Crippen LogP contribution in [0.4, 0.5) is 0 Å². The van der Waals surface area contributed by atoms with Crippen LogP contribution in [0.15, 0.2) is 29.4 Å². The Labute approximate surface area is 60.3 Å². The van der Waals surface area contributed by atoms with Crippen LogP contribution in [-0.2, 0) is 0 Å². The van der Waals surface area contributed by atoms with Crippen LogP contribution in [0.1, 0.15) is 17.4 Å². The van der Waals surface area contributed by atoms with E-state index in [1.165, 1.54) is 0 Å². The van der Waals surface area contributed by atoms with Gasteiger partial charge in [0.25, 0.3) is 0 Å². The molecule has 0 saturated heterocycles. The van der Waals surface area contributed by atoms with Crippen molar-refractivity contribution in [3.63, 3.8) is 0 Å². The highest BCUT2D eigenvalue weighted by Crippen LogP contribution is 2.13. The predicted octanol–water partition coefficient (Wildman–Crippen LogP) is 1.77. The zero-order valence-corrected chi connectivity index (χ0v) is 6.00. The maximum absolute atomic E-state index is 5.63. The third kappa shape index (κ3) is 1.28. The first kappa shape index (κ1) is 7.09. The van der Waals surface area contributed by atoms with E-state index in [0.29, 0.717) is 0 Å². The maximum atomic E-state index is 5.63. The molecule has 2 heteroatoms. The highest BCUT2D eigenvalue weighted by atomic mass is 16.3. The highest BCUT2D eigenvalue weighted by Gasteiger charge is 2.02. The SMILES string of the molecule is C=C[C@@H](N)c1coc(C)c1. The predicted molar refractivity (Wildman–Crippen MR) is 40.6 cm³/mol. The summed E-state index contributed by atoms with van der Waals surface area (Å²) >= 11 is 0. The van der Waals surface area contributed by atoms with Crippen LogP contribution in [0.2, 0.25) is 0 Å². The molecule has 0 aliphatic heterocycles. The summed E-state index contributed by atoms with van der Waals surface area (Å²) in [7, 11) is 0. The number of rotatable bonds is 2. The Kier molecular flexibility index (Phi) is 1.92. The van der Waals surface area contributed by atoms with Crippen LogP contribution in [0.25, 0.3) is 0 Å². The summed E-state index contributed by atoms with van der Waals surface area (Å²) in [5.74, 6) is 0.882. The molecule has 0 radical (unpaired) electrons. The zero-order chi connectivity index (χ0) is 7.56. The lowest BCUT2D eigenvalue weighted by Crippen LogP contribution is -2.04. The summed E-state index contributed by atoms with van der Waals surface area (Å²) in [5, 5.41) is 0. The highest BCUT2D eigenvalue weighted by molar-refractivity contribution is 5.19. The fourth-order valence-electron chi connectivity index (χ4n) is 0.775. The lowest BCUT2D eigenvalue weighted by Gasteiger charge is -1.98. The molecule has 54 valence electrons. The van der Waals surface area contributed by atoms with E-state index in [0.717, 1.165) is 11.3 Å². The molecule has 0 saturated carbocycles. The first-order valence-electron chi connectivity index (χ1n) is 3.17. The van der Waals surface area contributed by atoms with E-state index >= 15 is 0 Å². The molecule has 0 aliphatic rings. The van der Waals surface area contributed by atoms with Crippen molar-refractivity contribution >= 4 is 0 Å². The normalized spacial score (nSPS) is 13.0. The maximum Gasteiger partial charge on any atom is 0.101 e. The summed E-state index contributed by atoms with van der Waals surface area (Å²) in [6, 6.07) is 1.81. The zero-order valence-electron chi connectivity index (χ0n) is 6.00. The lowest BCUT2D eigenvalue weighted by atomic mass is 10.1. The molecule has 0 aliphatic carbocycles. The van der Waals surface area contributed by atoms with Gasteiger partial charge in [-0.25, -0.2) is 0 Å². The fourth-order valence-corrected chi connectivity index (χ4v) is 0.775. The van der Waals surface area contributed by atoms with Gasteiger partial charge in [0.05, 0.1) is 12.3 Å². The van der Waals surface area contributed by atoms with Gasteiger partial charge >= 0.3 is 0 Å². The van der Waals surface area contributed by atoms with Crippen LogP contribution in [0.5, 0.6) is 0 Å². The van der Waals surface area contributed by atoms with Gasteiger partial charge in [-0.3, -0.25) is 0 Å². The van der Waals surface area contributed by atoms with Gasteiger partial charge < -0.3 is 10.2 Å². The molecular weight excluding hydrogens is 126 g/mol. The van der Waals surface area contributed by atoms with Gasteiger partial charge in [-0.1, -0.05) is 6.08 Å². The van der Waals surface area contributed by atoms with Crippen molar-refractivity contribution in [3.05, 3.63) is 36.3 Å². The van der Waals surface area contributed by atoms with Crippen molar-refractivity contribution in [2.75, 3.05) is 0 Å². The second-order valence-corrected chi connectivity index (χ2v) is 2.25. The van der Waals surface area contributed by atoms with Crippen LogP contribution in [0.3, 0.4) is 0 Å². The number of furan rings is 1. The van der Waals surface area contributed by atoms with Crippen molar-refractivity contribution < 1.29 is 4.42 Å². The molecule has 0 bridgehead atoms. The van der Waals surface area contributed by atoms with Gasteiger partial charge in [-0.05, 0) is 13.0 Å². The number of hydrogen-bond donors (Lipinski definition) is 1. The quantitative estimate of drug-likeness (QED) is 0.631. The molecule has 1 heterocycles. The fraction of sp³-hybridized carbons (Fsp3) is 0.250. The Balaban J connectivity index is 2.84. The molecule has 1 rings (SSSR count). The van der Waals surface area contributed by atoms with Crippen molar-refractivity contribution in [1.29, 1.82) is 0 Å². The summed E-state index contributed by atoms with van der Waals surface area (Å²) in [6.45, 7) is 5.47. The molecule has 0 fully saturated rings. The molecule has 0 aromatic carbocycles. The summed E-state index contributed by atoms with van der Waals surface area (Å²) in [4.78, 5) is 0. The Morgan fingerprint density at radius 1 is 1.80 bits per heavy atom. The molecule has 2 N–H and O–H groups in total. The number of hydrogen-bond acceptors (Lipinski definition) is 2. The molecule has 1 atom stereocenters. The van der Waals surface area contributed by atoms with E-state index in [4.69, 9.17) is 10.2 Å². The second kappa shape index (κ2) is 2.71. The minimum absolute atomic E-state index is 0.0996. The van der Waals surface area contributed by atoms with Gasteiger partial charge in [-0.15, -0.1) is 6.58 Å². The average molecular weight is 137 g/mol. The van der Waals surface area contributed by atoms with Gasteiger partial charge in [-0.2, -0.15) is 0 Å². The Hall–Kier alpha value is -1.02. The van der Waals surface area contributed by atoms with Gasteiger partial charge in [0, 0.05) is 5.56 Å². The third-order valence-corrected chi connectivity index (χ3v) is 1.39. The van der Waals surface area contributed by atoms with Crippen LogP contribution < -0.4 is 5.73 Å². The first-order chi connectivity index (χ1) is 4.74.